The molecule has 1 nitrogen and oxygen atoms in total. The molecule has 0 aliphatic heterocycles. The summed E-state index contributed by atoms with van der Waals surface area (Å²) >= 11 is 0. The minimum Gasteiger partial charge on any atom is -0.330 e. The van der Waals surface area contributed by atoms with E-state index in [9.17, 15) is 4.39 Å². The lowest BCUT2D eigenvalue weighted by atomic mass is 9.62. The van der Waals surface area contributed by atoms with Crippen LogP contribution in [-0.2, 0) is 5.41 Å². The number of nitrogens with two attached hydrogens (primary N) is 1. The first-order valence-corrected chi connectivity index (χ1v) is 5.08. The number of hydrogen-bond acceptors (Lipinski definition) is 1. The SMILES string of the molecule is Cc1ccccc1C1(CN)CC(F)C1. The van der Waals surface area contributed by atoms with Crippen LogP contribution >= 0.6 is 0 Å². The largest absolute Gasteiger partial charge is 0.330 e. The van der Waals surface area contributed by atoms with Crippen molar-refractivity contribution in [1.82, 2.24) is 0 Å². The molecule has 0 unspecified atom stereocenters. The summed E-state index contributed by atoms with van der Waals surface area (Å²) in [5, 5.41) is 0. The summed E-state index contributed by atoms with van der Waals surface area (Å²) in [4.78, 5) is 0. The van der Waals surface area contributed by atoms with Crippen LogP contribution in [0.4, 0.5) is 4.39 Å². The van der Waals surface area contributed by atoms with Crippen LogP contribution in [0.3, 0.4) is 0 Å². The number of rotatable bonds is 2. The van der Waals surface area contributed by atoms with Crippen LogP contribution in [0.1, 0.15) is 24.0 Å². The molecular weight excluding hydrogens is 177 g/mol. The fraction of sp³-hybridized carbons (Fsp3) is 0.500. The van der Waals surface area contributed by atoms with Gasteiger partial charge in [-0.2, -0.15) is 0 Å². The molecule has 1 aromatic carbocycles. The summed E-state index contributed by atoms with van der Waals surface area (Å²) in [5.41, 5.74) is 8.15. The van der Waals surface area contributed by atoms with Gasteiger partial charge in [0.25, 0.3) is 0 Å². The number of halogens is 1. The highest BCUT2D eigenvalue weighted by Crippen LogP contribution is 2.45. The molecule has 2 rings (SSSR count). The van der Waals surface area contributed by atoms with Crippen molar-refractivity contribution in [3.8, 4) is 0 Å². The Morgan fingerprint density at radius 3 is 2.57 bits per heavy atom. The van der Waals surface area contributed by atoms with Crippen molar-refractivity contribution in [3.63, 3.8) is 0 Å². The van der Waals surface area contributed by atoms with E-state index in [0.717, 1.165) is 0 Å². The molecule has 0 spiro atoms. The maximum absolute atomic E-state index is 13.0. The van der Waals surface area contributed by atoms with Crippen LogP contribution in [0.25, 0.3) is 0 Å². The van der Waals surface area contributed by atoms with E-state index in [2.05, 4.69) is 19.1 Å². The van der Waals surface area contributed by atoms with Crippen molar-refractivity contribution >= 4 is 0 Å². The molecule has 1 aliphatic carbocycles. The van der Waals surface area contributed by atoms with Crippen LogP contribution in [0.5, 0.6) is 0 Å². The second-order valence-corrected chi connectivity index (χ2v) is 4.30. The highest BCUT2D eigenvalue weighted by atomic mass is 19.1. The zero-order valence-electron chi connectivity index (χ0n) is 8.46. The molecule has 2 heteroatoms. The van der Waals surface area contributed by atoms with Crippen molar-refractivity contribution in [2.45, 2.75) is 31.4 Å². The molecule has 14 heavy (non-hydrogen) atoms. The average Bonchev–Trinajstić information content (AvgIpc) is 2.14. The number of alkyl halides is 1. The van der Waals surface area contributed by atoms with Gasteiger partial charge in [0.15, 0.2) is 0 Å². The van der Waals surface area contributed by atoms with Crippen LogP contribution in [-0.4, -0.2) is 12.7 Å². The van der Waals surface area contributed by atoms with Crippen LogP contribution < -0.4 is 5.73 Å². The summed E-state index contributed by atoms with van der Waals surface area (Å²) < 4.78 is 13.0. The second kappa shape index (κ2) is 3.35. The van der Waals surface area contributed by atoms with Crippen molar-refractivity contribution < 1.29 is 4.39 Å². The van der Waals surface area contributed by atoms with E-state index >= 15 is 0 Å². The third-order valence-corrected chi connectivity index (χ3v) is 3.33. The summed E-state index contributed by atoms with van der Waals surface area (Å²) in [6, 6.07) is 8.16. The second-order valence-electron chi connectivity index (χ2n) is 4.30. The van der Waals surface area contributed by atoms with E-state index in [1.54, 1.807) is 0 Å². The van der Waals surface area contributed by atoms with Crippen molar-refractivity contribution in [3.05, 3.63) is 35.4 Å². The molecule has 0 amide bonds. The molecule has 76 valence electrons. The normalized spacial score (nSPS) is 31.2. The Labute approximate surface area is 84.1 Å². The summed E-state index contributed by atoms with van der Waals surface area (Å²) in [6.07, 6.45) is 0.529. The van der Waals surface area contributed by atoms with Gasteiger partial charge in [-0.3, -0.25) is 0 Å². The van der Waals surface area contributed by atoms with E-state index in [-0.39, 0.29) is 5.41 Å². The van der Waals surface area contributed by atoms with Crippen molar-refractivity contribution in [2.75, 3.05) is 6.54 Å². The van der Waals surface area contributed by atoms with E-state index in [4.69, 9.17) is 5.73 Å². The quantitative estimate of drug-likeness (QED) is 0.766. The number of hydrogen-bond donors (Lipinski definition) is 1. The molecule has 1 fully saturated rings. The minimum absolute atomic E-state index is 0.0786. The average molecular weight is 193 g/mol. The maximum Gasteiger partial charge on any atom is 0.102 e. The van der Waals surface area contributed by atoms with Gasteiger partial charge in [-0.15, -0.1) is 0 Å². The Hall–Kier alpha value is -0.890. The zero-order chi connectivity index (χ0) is 10.2. The van der Waals surface area contributed by atoms with E-state index in [1.807, 2.05) is 12.1 Å². The standard InChI is InChI=1S/C12H16FN/c1-9-4-2-3-5-11(9)12(8-14)6-10(13)7-12/h2-5,10H,6-8,14H2,1H3. The van der Waals surface area contributed by atoms with Gasteiger partial charge in [-0.1, -0.05) is 24.3 Å². The molecular formula is C12H16FN. The summed E-state index contributed by atoms with van der Waals surface area (Å²) in [6.45, 7) is 2.62. The van der Waals surface area contributed by atoms with Gasteiger partial charge in [0, 0.05) is 12.0 Å². The lowest BCUT2D eigenvalue weighted by Crippen LogP contribution is -2.48. The van der Waals surface area contributed by atoms with E-state index < -0.39 is 6.17 Å². The lowest BCUT2D eigenvalue weighted by Gasteiger charge is -2.44. The maximum atomic E-state index is 13.0. The Morgan fingerprint density at radius 2 is 2.07 bits per heavy atom. The van der Waals surface area contributed by atoms with Gasteiger partial charge in [0.05, 0.1) is 0 Å². The molecule has 1 saturated carbocycles. The topological polar surface area (TPSA) is 26.0 Å². The Morgan fingerprint density at radius 1 is 1.43 bits per heavy atom. The summed E-state index contributed by atoms with van der Waals surface area (Å²) in [5.74, 6) is 0. The Kier molecular flexibility index (Phi) is 2.31. The Bertz CT molecular complexity index is 329. The highest BCUT2D eigenvalue weighted by Gasteiger charge is 2.45. The lowest BCUT2D eigenvalue weighted by molar-refractivity contribution is 0.0992. The molecule has 0 bridgehead atoms. The predicted octanol–water partition coefficient (Wildman–Crippen LogP) is 2.32. The molecule has 0 atom stereocenters. The zero-order valence-corrected chi connectivity index (χ0v) is 8.46. The first kappa shape index (κ1) is 9.66. The molecule has 1 aliphatic rings. The fourth-order valence-electron chi connectivity index (χ4n) is 2.45. The van der Waals surface area contributed by atoms with Gasteiger partial charge in [0.2, 0.25) is 0 Å². The van der Waals surface area contributed by atoms with Crippen LogP contribution in [0.2, 0.25) is 0 Å². The monoisotopic (exact) mass is 193 g/mol. The number of benzene rings is 1. The molecule has 1 aromatic rings. The molecule has 0 radical (unpaired) electrons. The molecule has 0 aromatic heterocycles. The summed E-state index contributed by atoms with van der Waals surface area (Å²) in [7, 11) is 0. The number of aryl methyl sites for hydroxylation is 1. The predicted molar refractivity (Wildman–Crippen MR) is 56.0 cm³/mol. The third kappa shape index (κ3) is 1.34. The minimum atomic E-state index is -0.654. The fourth-order valence-corrected chi connectivity index (χ4v) is 2.45. The first-order chi connectivity index (χ1) is 6.68. The Balaban J connectivity index is 2.34. The van der Waals surface area contributed by atoms with Crippen LogP contribution in [0.15, 0.2) is 24.3 Å². The van der Waals surface area contributed by atoms with Gasteiger partial charge in [-0.05, 0) is 30.9 Å². The first-order valence-electron chi connectivity index (χ1n) is 5.08. The van der Waals surface area contributed by atoms with E-state index in [1.165, 1.54) is 11.1 Å². The highest BCUT2D eigenvalue weighted by molar-refractivity contribution is 5.36. The van der Waals surface area contributed by atoms with Crippen molar-refractivity contribution in [2.24, 2.45) is 5.73 Å². The van der Waals surface area contributed by atoms with Crippen LogP contribution in [0, 0.1) is 6.92 Å². The van der Waals surface area contributed by atoms with Gasteiger partial charge in [-0.25, -0.2) is 4.39 Å². The molecule has 0 heterocycles. The van der Waals surface area contributed by atoms with Crippen molar-refractivity contribution in [1.29, 1.82) is 0 Å². The van der Waals surface area contributed by atoms with Gasteiger partial charge < -0.3 is 5.73 Å². The smallest absolute Gasteiger partial charge is 0.102 e. The molecule has 0 saturated heterocycles. The van der Waals surface area contributed by atoms with Gasteiger partial charge in [0.1, 0.15) is 6.17 Å². The third-order valence-electron chi connectivity index (χ3n) is 3.33. The van der Waals surface area contributed by atoms with E-state index in [0.29, 0.717) is 19.4 Å². The van der Waals surface area contributed by atoms with Gasteiger partial charge >= 0.3 is 0 Å². The molecule has 2 N–H and O–H groups in total.